The molecular weight excluding hydrogens is 330 g/mol. The van der Waals surface area contributed by atoms with Crippen LogP contribution in [0.25, 0.3) is 0 Å². The lowest BCUT2D eigenvalue weighted by atomic mass is 10.3. The van der Waals surface area contributed by atoms with Gasteiger partial charge >= 0.3 is 17.9 Å². The Labute approximate surface area is 145 Å². The largest absolute Gasteiger partial charge is 0.450 e. The summed E-state index contributed by atoms with van der Waals surface area (Å²) in [6.07, 6.45) is 1.55. The third-order valence-corrected chi connectivity index (χ3v) is 4.34. The fourth-order valence-corrected chi connectivity index (χ4v) is 2.80. The summed E-state index contributed by atoms with van der Waals surface area (Å²) in [7, 11) is 0. The molecule has 1 aliphatic rings. The Kier molecular flexibility index (Phi) is 6.48. The number of amides is 3. The number of anilines is 1. The molecule has 0 spiro atoms. The molecule has 1 saturated heterocycles. The van der Waals surface area contributed by atoms with Crippen molar-refractivity contribution in [3.05, 3.63) is 24.3 Å². The first-order valence-corrected chi connectivity index (χ1v) is 8.93. The molecule has 8 heteroatoms. The minimum atomic E-state index is -0.669. The normalized spacial score (nSPS) is 14.2. The van der Waals surface area contributed by atoms with Crippen molar-refractivity contribution in [1.29, 1.82) is 0 Å². The molecule has 0 atom stereocenters. The zero-order chi connectivity index (χ0) is 17.5. The smallest absolute Gasteiger partial charge is 0.409 e. The number of carbonyl (C=O) groups is 3. The Balaban J connectivity index is 1.88. The molecule has 1 N–H and O–H groups in total. The number of nitrogens with zero attached hydrogens (tertiary/aromatic N) is 2. The van der Waals surface area contributed by atoms with Gasteiger partial charge in [0.1, 0.15) is 0 Å². The molecule has 0 radical (unpaired) electrons. The summed E-state index contributed by atoms with van der Waals surface area (Å²) < 4.78 is 4.93. The number of piperazine rings is 1. The molecule has 7 nitrogen and oxygen atoms in total. The lowest BCUT2D eigenvalue weighted by molar-refractivity contribution is -0.144. The van der Waals surface area contributed by atoms with Gasteiger partial charge in [-0.3, -0.25) is 9.59 Å². The van der Waals surface area contributed by atoms with E-state index in [1.165, 1.54) is 9.80 Å². The van der Waals surface area contributed by atoms with Crippen LogP contribution in [0.2, 0.25) is 0 Å². The van der Waals surface area contributed by atoms with Crippen LogP contribution >= 0.6 is 11.8 Å². The van der Waals surface area contributed by atoms with Gasteiger partial charge in [0.05, 0.1) is 6.61 Å². The molecule has 0 unspecified atom stereocenters. The van der Waals surface area contributed by atoms with Gasteiger partial charge < -0.3 is 19.9 Å². The molecule has 1 heterocycles. The van der Waals surface area contributed by atoms with E-state index < -0.39 is 11.8 Å². The number of hydrogen-bond acceptors (Lipinski definition) is 5. The minimum Gasteiger partial charge on any atom is -0.450 e. The molecule has 1 fully saturated rings. The van der Waals surface area contributed by atoms with Gasteiger partial charge in [0, 0.05) is 36.8 Å². The van der Waals surface area contributed by atoms with Crippen molar-refractivity contribution in [2.24, 2.45) is 0 Å². The van der Waals surface area contributed by atoms with E-state index in [0.717, 1.165) is 4.90 Å². The van der Waals surface area contributed by atoms with E-state index in [9.17, 15) is 14.4 Å². The molecule has 1 aromatic rings. The molecule has 0 aromatic heterocycles. The maximum absolute atomic E-state index is 12.2. The third kappa shape index (κ3) is 4.64. The van der Waals surface area contributed by atoms with E-state index >= 15 is 0 Å². The highest BCUT2D eigenvalue weighted by Gasteiger charge is 2.28. The van der Waals surface area contributed by atoms with E-state index in [-0.39, 0.29) is 6.09 Å². The average molecular weight is 351 g/mol. The maximum Gasteiger partial charge on any atom is 0.409 e. The van der Waals surface area contributed by atoms with Gasteiger partial charge in [0.15, 0.2) is 0 Å². The Hall–Kier alpha value is -2.22. The Morgan fingerprint density at radius 1 is 1.17 bits per heavy atom. The standard InChI is InChI=1S/C16H21N3O4S/c1-3-23-16(22)19-9-7-18(8-10-19)15(21)14(20)17-12-5-4-6-13(11-12)24-2/h4-6,11H,3,7-10H2,1-2H3,(H,17,20). The van der Waals surface area contributed by atoms with Gasteiger partial charge in [-0.1, -0.05) is 6.07 Å². The molecule has 3 amide bonds. The van der Waals surface area contributed by atoms with Crippen molar-refractivity contribution in [2.45, 2.75) is 11.8 Å². The third-order valence-electron chi connectivity index (χ3n) is 3.61. The lowest BCUT2D eigenvalue weighted by Crippen LogP contribution is -2.53. The van der Waals surface area contributed by atoms with Crippen molar-refractivity contribution in [3.8, 4) is 0 Å². The summed E-state index contributed by atoms with van der Waals surface area (Å²) >= 11 is 1.56. The lowest BCUT2D eigenvalue weighted by Gasteiger charge is -2.33. The Morgan fingerprint density at radius 3 is 2.46 bits per heavy atom. The minimum absolute atomic E-state index is 0.315. The predicted molar refractivity (Wildman–Crippen MR) is 92.0 cm³/mol. The second kappa shape index (κ2) is 8.58. The van der Waals surface area contributed by atoms with Crippen molar-refractivity contribution in [1.82, 2.24) is 9.80 Å². The first-order valence-electron chi connectivity index (χ1n) is 7.71. The van der Waals surface area contributed by atoms with Crippen LogP contribution in [0.5, 0.6) is 0 Å². The van der Waals surface area contributed by atoms with Crippen molar-refractivity contribution in [2.75, 3.05) is 44.4 Å². The zero-order valence-corrected chi connectivity index (χ0v) is 14.6. The molecule has 2 rings (SSSR count). The van der Waals surface area contributed by atoms with E-state index in [2.05, 4.69) is 5.32 Å². The predicted octanol–water partition coefficient (Wildman–Crippen LogP) is 1.65. The van der Waals surface area contributed by atoms with E-state index in [0.29, 0.717) is 38.5 Å². The average Bonchev–Trinajstić information content (AvgIpc) is 2.61. The first kappa shape index (κ1) is 18.1. The van der Waals surface area contributed by atoms with Crippen LogP contribution in [0.15, 0.2) is 29.2 Å². The number of thioether (sulfide) groups is 1. The molecule has 0 bridgehead atoms. The van der Waals surface area contributed by atoms with Gasteiger partial charge in [-0.25, -0.2) is 4.79 Å². The highest BCUT2D eigenvalue weighted by atomic mass is 32.2. The number of nitrogens with one attached hydrogen (secondary N) is 1. The fourth-order valence-electron chi connectivity index (χ4n) is 2.34. The second-order valence-electron chi connectivity index (χ2n) is 5.16. The van der Waals surface area contributed by atoms with E-state index in [1.807, 2.05) is 24.5 Å². The topological polar surface area (TPSA) is 79.0 Å². The van der Waals surface area contributed by atoms with Crippen molar-refractivity contribution in [3.63, 3.8) is 0 Å². The number of carbonyl (C=O) groups excluding carboxylic acids is 3. The Morgan fingerprint density at radius 2 is 1.83 bits per heavy atom. The summed E-state index contributed by atoms with van der Waals surface area (Å²) in [4.78, 5) is 40.0. The molecule has 0 aliphatic carbocycles. The van der Waals surface area contributed by atoms with Crippen LogP contribution < -0.4 is 5.32 Å². The van der Waals surface area contributed by atoms with Gasteiger partial charge in [-0.15, -0.1) is 11.8 Å². The quantitative estimate of drug-likeness (QED) is 0.662. The van der Waals surface area contributed by atoms with Gasteiger partial charge in [0.2, 0.25) is 0 Å². The SMILES string of the molecule is CCOC(=O)N1CCN(C(=O)C(=O)Nc2cccc(SC)c2)CC1. The van der Waals surface area contributed by atoms with Crippen LogP contribution in [0.3, 0.4) is 0 Å². The maximum atomic E-state index is 12.2. The monoisotopic (exact) mass is 351 g/mol. The van der Waals surface area contributed by atoms with Gasteiger partial charge in [-0.2, -0.15) is 0 Å². The molecular formula is C16H21N3O4S. The van der Waals surface area contributed by atoms with Crippen LogP contribution in [0.1, 0.15) is 6.92 Å². The molecule has 1 aliphatic heterocycles. The highest BCUT2D eigenvalue weighted by molar-refractivity contribution is 7.98. The fraction of sp³-hybridized carbons (Fsp3) is 0.438. The van der Waals surface area contributed by atoms with Crippen molar-refractivity contribution >= 4 is 35.4 Å². The number of hydrogen-bond donors (Lipinski definition) is 1. The number of ether oxygens (including phenoxy) is 1. The molecule has 130 valence electrons. The molecule has 24 heavy (non-hydrogen) atoms. The van der Waals surface area contributed by atoms with Gasteiger partial charge in [-0.05, 0) is 31.4 Å². The summed E-state index contributed by atoms with van der Waals surface area (Å²) in [5.41, 5.74) is 0.588. The number of rotatable bonds is 3. The molecule has 0 saturated carbocycles. The van der Waals surface area contributed by atoms with Crippen LogP contribution in [-0.4, -0.2) is 66.7 Å². The van der Waals surface area contributed by atoms with Gasteiger partial charge in [0.25, 0.3) is 0 Å². The number of benzene rings is 1. The summed E-state index contributed by atoms with van der Waals surface area (Å²) in [6, 6.07) is 7.30. The van der Waals surface area contributed by atoms with E-state index in [4.69, 9.17) is 4.74 Å². The van der Waals surface area contributed by atoms with Crippen LogP contribution in [0, 0.1) is 0 Å². The van der Waals surface area contributed by atoms with Crippen molar-refractivity contribution < 1.29 is 19.1 Å². The Bertz CT molecular complexity index is 615. The zero-order valence-electron chi connectivity index (χ0n) is 13.8. The summed E-state index contributed by atoms with van der Waals surface area (Å²) in [5, 5.41) is 2.62. The highest BCUT2D eigenvalue weighted by Crippen LogP contribution is 2.19. The molecule has 1 aromatic carbocycles. The van der Waals surface area contributed by atoms with Crippen LogP contribution in [-0.2, 0) is 14.3 Å². The first-order chi connectivity index (χ1) is 11.5. The summed E-state index contributed by atoms with van der Waals surface area (Å²) in [6.45, 7) is 3.41. The van der Waals surface area contributed by atoms with Crippen LogP contribution in [0.4, 0.5) is 10.5 Å². The van der Waals surface area contributed by atoms with E-state index in [1.54, 1.807) is 24.8 Å². The second-order valence-corrected chi connectivity index (χ2v) is 6.04. The summed E-state index contributed by atoms with van der Waals surface area (Å²) in [5.74, 6) is -1.26.